The van der Waals surface area contributed by atoms with Crippen molar-refractivity contribution >= 4 is 39.8 Å². The fourth-order valence-corrected chi connectivity index (χ4v) is 6.30. The Balaban J connectivity index is 1.29. The molecule has 3 aliphatic carbocycles. The van der Waals surface area contributed by atoms with E-state index in [0.717, 1.165) is 64.1 Å². The molecular weight excluding hydrogens is 514 g/mol. The van der Waals surface area contributed by atoms with E-state index in [4.69, 9.17) is 31.7 Å². The summed E-state index contributed by atoms with van der Waals surface area (Å²) in [6.45, 7) is 2.73. The van der Waals surface area contributed by atoms with Gasteiger partial charge in [-0.2, -0.15) is 0 Å². The Morgan fingerprint density at radius 3 is 2.80 bits per heavy atom. The van der Waals surface area contributed by atoms with Crippen LogP contribution in [0, 0.1) is 5.92 Å². The number of halogens is 1. The summed E-state index contributed by atoms with van der Waals surface area (Å²) in [4.78, 5) is 10.1. The van der Waals surface area contributed by atoms with Crippen LogP contribution < -0.4 is 5.73 Å². The van der Waals surface area contributed by atoms with E-state index in [9.17, 15) is 0 Å². The quantitative estimate of drug-likeness (QED) is 0.182. The van der Waals surface area contributed by atoms with Gasteiger partial charge in [0.2, 0.25) is 0 Å². The molecule has 0 saturated heterocycles. The molecule has 1 unspecified atom stereocenters. The zero-order valence-electron chi connectivity index (χ0n) is 22.5. The highest BCUT2D eigenvalue weighted by atomic mass is 35.5. The van der Waals surface area contributed by atoms with E-state index in [1.165, 1.54) is 27.8 Å². The Hall–Kier alpha value is -4.15. The Morgan fingerprint density at radius 1 is 1.02 bits per heavy atom. The van der Waals surface area contributed by atoms with Gasteiger partial charge < -0.3 is 10.2 Å². The third-order valence-corrected chi connectivity index (χ3v) is 8.32. The fourth-order valence-electron chi connectivity index (χ4n) is 6.10. The first kappa shape index (κ1) is 24.9. The SMILES string of the molecule is CC1C=CC(C(/N=C(\N)C2=CCCc3oc4ccccc4c32)=N/Cc2cccc3c2-c2ccc(Cl)cc2C3)=CC1. The van der Waals surface area contributed by atoms with Crippen LogP contribution in [0.15, 0.2) is 105 Å². The summed E-state index contributed by atoms with van der Waals surface area (Å²) in [5, 5.41) is 1.85. The summed E-state index contributed by atoms with van der Waals surface area (Å²) in [5.74, 6) is 2.60. The van der Waals surface area contributed by atoms with Crippen LogP contribution in [0.1, 0.15) is 47.8 Å². The minimum atomic E-state index is 0.470. The third kappa shape index (κ3) is 4.43. The minimum Gasteiger partial charge on any atom is -0.460 e. The number of para-hydroxylation sites is 1. The average Bonchev–Trinajstić information content (AvgIpc) is 3.53. The molecule has 7 rings (SSSR count). The summed E-state index contributed by atoms with van der Waals surface area (Å²) in [6.07, 6.45) is 12.3. The van der Waals surface area contributed by atoms with Crippen LogP contribution in [-0.2, 0) is 19.4 Å². The molecule has 0 bridgehead atoms. The van der Waals surface area contributed by atoms with Crippen LogP contribution in [0.25, 0.3) is 27.7 Å². The predicted molar refractivity (Wildman–Crippen MR) is 166 cm³/mol. The van der Waals surface area contributed by atoms with Crippen molar-refractivity contribution in [3.05, 3.63) is 124 Å². The van der Waals surface area contributed by atoms with Gasteiger partial charge in [0, 0.05) is 33.5 Å². The number of allylic oxidation sites excluding steroid dienone is 3. The standard InChI is InChI=1S/C35H30ClN3O/c1-21-12-14-22(15-13-21)35(38-20-24-7-4-6-23-18-25-19-26(36)16-17-27(25)32(23)24)39-34(37)29-9-5-11-31-33(29)28-8-2-3-10-30(28)40-31/h2-4,6-10,12,14-17,19,21H,5,11,13,18,20H2,1H3,(H2,37,38,39). The molecule has 3 aliphatic rings. The molecule has 4 aromatic rings. The van der Waals surface area contributed by atoms with Gasteiger partial charge in [0.05, 0.1) is 6.54 Å². The number of furan rings is 1. The van der Waals surface area contributed by atoms with Gasteiger partial charge in [-0.05, 0) is 71.2 Å². The molecule has 198 valence electrons. The van der Waals surface area contributed by atoms with Crippen LogP contribution >= 0.6 is 11.6 Å². The first-order valence-corrected chi connectivity index (χ1v) is 14.3. The lowest BCUT2D eigenvalue weighted by Crippen LogP contribution is -2.19. The van der Waals surface area contributed by atoms with E-state index in [1.807, 2.05) is 24.3 Å². The Kier molecular flexibility index (Phi) is 6.28. The summed E-state index contributed by atoms with van der Waals surface area (Å²) < 4.78 is 6.18. The van der Waals surface area contributed by atoms with Crippen molar-refractivity contribution in [1.29, 1.82) is 0 Å². The van der Waals surface area contributed by atoms with Gasteiger partial charge in [0.15, 0.2) is 5.84 Å². The fraction of sp³-hybridized carbons (Fsp3) is 0.200. The highest BCUT2D eigenvalue weighted by Crippen LogP contribution is 2.40. The second kappa shape index (κ2) is 10.1. The maximum atomic E-state index is 6.78. The van der Waals surface area contributed by atoms with E-state index in [1.54, 1.807) is 0 Å². The van der Waals surface area contributed by atoms with Crippen LogP contribution in [-0.4, -0.2) is 11.7 Å². The zero-order chi connectivity index (χ0) is 27.2. The van der Waals surface area contributed by atoms with Crippen molar-refractivity contribution < 1.29 is 4.42 Å². The summed E-state index contributed by atoms with van der Waals surface area (Å²) in [5.41, 5.74) is 16.9. The van der Waals surface area contributed by atoms with Crippen LogP contribution in [0.4, 0.5) is 0 Å². The zero-order valence-corrected chi connectivity index (χ0v) is 23.2. The van der Waals surface area contributed by atoms with Gasteiger partial charge in [-0.3, -0.25) is 4.99 Å². The Morgan fingerprint density at radius 2 is 1.93 bits per heavy atom. The van der Waals surface area contributed by atoms with Gasteiger partial charge in [-0.25, -0.2) is 4.99 Å². The number of rotatable bonds is 4. The van der Waals surface area contributed by atoms with E-state index in [2.05, 4.69) is 67.6 Å². The molecule has 5 heteroatoms. The maximum Gasteiger partial charge on any atom is 0.156 e. The third-order valence-electron chi connectivity index (χ3n) is 8.09. The molecule has 1 atom stereocenters. The number of amidine groups is 2. The smallest absolute Gasteiger partial charge is 0.156 e. The number of aryl methyl sites for hydroxylation is 1. The molecular formula is C35H30ClN3O. The van der Waals surface area contributed by atoms with Crippen LogP contribution in [0.5, 0.6) is 0 Å². The lowest BCUT2D eigenvalue weighted by molar-refractivity contribution is 0.546. The van der Waals surface area contributed by atoms with Crippen molar-refractivity contribution in [1.82, 2.24) is 0 Å². The lowest BCUT2D eigenvalue weighted by Gasteiger charge is -2.16. The molecule has 0 amide bonds. The van der Waals surface area contributed by atoms with Crippen molar-refractivity contribution in [2.24, 2.45) is 21.6 Å². The number of fused-ring (bicyclic) bond motifs is 6. The Labute approximate surface area is 239 Å². The number of hydrogen-bond acceptors (Lipinski definition) is 2. The summed E-state index contributed by atoms with van der Waals surface area (Å²) >= 11 is 6.30. The van der Waals surface area contributed by atoms with Crippen molar-refractivity contribution in [2.75, 3.05) is 0 Å². The molecule has 0 aliphatic heterocycles. The first-order chi connectivity index (χ1) is 19.5. The molecule has 40 heavy (non-hydrogen) atoms. The van der Waals surface area contributed by atoms with Crippen molar-refractivity contribution in [3.63, 3.8) is 0 Å². The lowest BCUT2D eigenvalue weighted by atomic mass is 9.93. The highest BCUT2D eigenvalue weighted by Gasteiger charge is 2.24. The molecule has 3 aromatic carbocycles. The molecule has 2 N–H and O–H groups in total. The van der Waals surface area contributed by atoms with Gasteiger partial charge in [-0.15, -0.1) is 0 Å². The number of hydrogen-bond donors (Lipinski definition) is 1. The minimum absolute atomic E-state index is 0.470. The van der Waals surface area contributed by atoms with Crippen LogP contribution in [0.3, 0.4) is 0 Å². The van der Waals surface area contributed by atoms with Crippen molar-refractivity contribution in [3.8, 4) is 11.1 Å². The number of nitrogens with two attached hydrogens (primary N) is 1. The topological polar surface area (TPSA) is 63.9 Å². The van der Waals surface area contributed by atoms with Gasteiger partial charge >= 0.3 is 0 Å². The second-order valence-corrected chi connectivity index (χ2v) is 11.3. The van der Waals surface area contributed by atoms with Crippen molar-refractivity contribution in [2.45, 2.75) is 39.2 Å². The van der Waals surface area contributed by atoms with E-state index in [-0.39, 0.29) is 0 Å². The predicted octanol–water partition coefficient (Wildman–Crippen LogP) is 8.47. The number of benzene rings is 3. The van der Waals surface area contributed by atoms with E-state index in [0.29, 0.717) is 24.1 Å². The second-order valence-electron chi connectivity index (χ2n) is 10.9. The largest absolute Gasteiger partial charge is 0.460 e. The molecule has 1 heterocycles. The molecule has 0 fully saturated rings. The molecule has 0 saturated carbocycles. The van der Waals surface area contributed by atoms with E-state index < -0.39 is 0 Å². The monoisotopic (exact) mass is 543 g/mol. The van der Waals surface area contributed by atoms with Gasteiger partial charge in [0.1, 0.15) is 17.2 Å². The summed E-state index contributed by atoms with van der Waals surface area (Å²) in [7, 11) is 0. The molecule has 0 radical (unpaired) electrons. The Bertz CT molecular complexity index is 1820. The molecule has 0 spiro atoms. The van der Waals surface area contributed by atoms with Gasteiger partial charge in [-0.1, -0.05) is 85.3 Å². The maximum absolute atomic E-state index is 6.78. The van der Waals surface area contributed by atoms with E-state index >= 15 is 0 Å². The molecule has 1 aromatic heterocycles. The van der Waals surface area contributed by atoms with Gasteiger partial charge in [0.25, 0.3) is 0 Å². The highest BCUT2D eigenvalue weighted by molar-refractivity contribution is 6.31. The van der Waals surface area contributed by atoms with Crippen LogP contribution in [0.2, 0.25) is 5.02 Å². The first-order valence-electron chi connectivity index (χ1n) is 13.9. The summed E-state index contributed by atoms with van der Waals surface area (Å²) in [6, 6.07) is 20.8. The average molecular weight is 544 g/mol. The number of aliphatic imine (C=N–C) groups is 2. The normalized spacial score (nSPS) is 18.3. The molecule has 4 nitrogen and oxygen atoms in total. The number of nitrogens with zero attached hydrogens (tertiary/aromatic N) is 2.